The number of amides is 1. The van der Waals surface area contributed by atoms with Crippen LogP contribution in [0.15, 0.2) is 42.9 Å². The van der Waals surface area contributed by atoms with Crippen LogP contribution < -0.4 is 10.5 Å². The van der Waals surface area contributed by atoms with Crippen LogP contribution in [0.1, 0.15) is 15.9 Å². The molecule has 0 saturated heterocycles. The molecule has 2 heterocycles. The molecule has 8 heteroatoms. The van der Waals surface area contributed by atoms with Gasteiger partial charge in [-0.15, -0.1) is 0 Å². The van der Waals surface area contributed by atoms with Gasteiger partial charge in [0.25, 0.3) is 5.91 Å². The fourth-order valence-corrected chi connectivity index (χ4v) is 2.37. The summed E-state index contributed by atoms with van der Waals surface area (Å²) in [5.41, 5.74) is 6.03. The van der Waals surface area contributed by atoms with Gasteiger partial charge >= 0.3 is 0 Å². The number of halogens is 1. The number of benzene rings is 1. The first-order chi connectivity index (χ1) is 12.0. The molecule has 0 radical (unpaired) electrons. The molecule has 0 atom stereocenters. The van der Waals surface area contributed by atoms with Crippen molar-refractivity contribution in [2.24, 2.45) is 5.73 Å². The van der Waals surface area contributed by atoms with E-state index in [9.17, 15) is 14.4 Å². The van der Waals surface area contributed by atoms with E-state index in [-0.39, 0.29) is 16.7 Å². The number of rotatable bonds is 4. The van der Waals surface area contributed by atoms with Crippen molar-refractivity contribution >= 4 is 5.91 Å². The zero-order valence-electron chi connectivity index (χ0n) is 13.1. The zero-order valence-corrected chi connectivity index (χ0v) is 13.1. The van der Waals surface area contributed by atoms with Gasteiger partial charge in [-0.25, -0.2) is 14.1 Å². The maximum absolute atomic E-state index is 14.3. The molecule has 25 heavy (non-hydrogen) atoms. The first-order valence-electron chi connectivity index (χ1n) is 7.13. The molecule has 0 saturated carbocycles. The molecule has 0 aliphatic rings. The Morgan fingerprint density at radius 2 is 2.20 bits per heavy atom. The average molecular weight is 337 g/mol. The maximum Gasteiger partial charge on any atom is 0.251 e. The highest BCUT2D eigenvalue weighted by Crippen LogP contribution is 2.34. The Bertz CT molecular complexity index is 1010. The summed E-state index contributed by atoms with van der Waals surface area (Å²) in [6, 6.07) is 7.85. The van der Waals surface area contributed by atoms with Crippen LogP contribution in [0.4, 0.5) is 4.39 Å². The highest BCUT2D eigenvalue weighted by molar-refractivity contribution is 5.92. The topological polar surface area (TPSA) is 107 Å². The predicted octanol–water partition coefficient (Wildman–Crippen LogP) is 2.05. The van der Waals surface area contributed by atoms with Gasteiger partial charge in [0.15, 0.2) is 5.82 Å². The molecular weight excluding hydrogens is 325 g/mol. The summed E-state index contributed by atoms with van der Waals surface area (Å²) in [6.07, 6.45) is 4.06. The minimum absolute atomic E-state index is 0.152. The third-order valence-corrected chi connectivity index (χ3v) is 3.58. The Hall–Kier alpha value is -3.73. The summed E-state index contributed by atoms with van der Waals surface area (Å²) in [5.74, 6) is -0.566. The van der Waals surface area contributed by atoms with Crippen molar-refractivity contribution in [3.63, 3.8) is 0 Å². The van der Waals surface area contributed by atoms with Crippen molar-refractivity contribution in [3.8, 4) is 28.8 Å². The van der Waals surface area contributed by atoms with Gasteiger partial charge in [-0.1, -0.05) is 6.07 Å². The number of nitrogens with two attached hydrogens (primary N) is 1. The normalized spacial score (nSPS) is 10.3. The van der Waals surface area contributed by atoms with Gasteiger partial charge in [-0.05, 0) is 12.1 Å². The Morgan fingerprint density at radius 3 is 2.84 bits per heavy atom. The van der Waals surface area contributed by atoms with Crippen LogP contribution in [0.3, 0.4) is 0 Å². The number of nitriles is 1. The van der Waals surface area contributed by atoms with E-state index < -0.39 is 11.7 Å². The van der Waals surface area contributed by atoms with E-state index in [1.54, 1.807) is 6.07 Å². The number of carbonyl (C=O) groups is 1. The third kappa shape index (κ3) is 2.90. The molecule has 0 unspecified atom stereocenters. The van der Waals surface area contributed by atoms with Crippen LogP contribution in [0.25, 0.3) is 16.9 Å². The second kappa shape index (κ2) is 6.41. The molecular formula is C17H12FN5O2. The van der Waals surface area contributed by atoms with Gasteiger partial charge in [-0.2, -0.15) is 10.4 Å². The Kier molecular flexibility index (Phi) is 4.14. The third-order valence-electron chi connectivity index (χ3n) is 3.58. The van der Waals surface area contributed by atoms with Gasteiger partial charge in [0.2, 0.25) is 0 Å². The molecule has 1 amide bonds. The summed E-state index contributed by atoms with van der Waals surface area (Å²) in [5, 5.41) is 13.4. The number of hydrogen-bond acceptors (Lipinski definition) is 5. The fourth-order valence-electron chi connectivity index (χ4n) is 2.37. The molecule has 2 aromatic heterocycles. The molecule has 0 aliphatic heterocycles. The number of primary amides is 1. The van der Waals surface area contributed by atoms with Gasteiger partial charge in [0, 0.05) is 24.0 Å². The minimum atomic E-state index is -0.625. The van der Waals surface area contributed by atoms with Crippen LogP contribution in [0, 0.1) is 17.1 Å². The van der Waals surface area contributed by atoms with Crippen LogP contribution in [0.2, 0.25) is 0 Å². The van der Waals surface area contributed by atoms with Crippen LogP contribution in [-0.4, -0.2) is 27.8 Å². The Balaban J connectivity index is 2.13. The molecule has 3 aromatic rings. The summed E-state index contributed by atoms with van der Waals surface area (Å²) < 4.78 is 20.8. The summed E-state index contributed by atoms with van der Waals surface area (Å²) in [6.45, 7) is 0. The van der Waals surface area contributed by atoms with Crippen molar-refractivity contribution in [1.29, 1.82) is 5.26 Å². The van der Waals surface area contributed by atoms with Gasteiger partial charge in [0.1, 0.15) is 11.6 Å². The number of hydrogen-bond donors (Lipinski definition) is 1. The number of ether oxygens (including phenoxy) is 1. The van der Waals surface area contributed by atoms with E-state index >= 15 is 0 Å². The lowest BCUT2D eigenvalue weighted by Crippen LogP contribution is -2.09. The Morgan fingerprint density at radius 1 is 1.40 bits per heavy atom. The van der Waals surface area contributed by atoms with Crippen molar-refractivity contribution in [3.05, 3.63) is 59.8 Å². The largest absolute Gasteiger partial charge is 0.496 e. The number of nitrogens with zero attached hydrogens (tertiary/aromatic N) is 4. The van der Waals surface area contributed by atoms with Crippen LogP contribution in [0.5, 0.6) is 5.75 Å². The smallest absolute Gasteiger partial charge is 0.251 e. The van der Waals surface area contributed by atoms with Gasteiger partial charge < -0.3 is 10.5 Å². The van der Waals surface area contributed by atoms with Crippen molar-refractivity contribution in [2.45, 2.75) is 0 Å². The minimum Gasteiger partial charge on any atom is -0.496 e. The van der Waals surface area contributed by atoms with Crippen molar-refractivity contribution < 1.29 is 13.9 Å². The van der Waals surface area contributed by atoms with E-state index in [4.69, 9.17) is 10.5 Å². The standard InChI is InChI=1S/C17H12FN5O2/c1-25-14-4-2-3-13(18)16(14)12-8-21-15(5-10(12)6-19)23-9-11(7-22-23)17(20)24/h2-5,7-9H,1H3,(H2,20,24). The second-order valence-electron chi connectivity index (χ2n) is 5.05. The molecule has 1 aromatic carbocycles. The number of methoxy groups -OCH3 is 1. The number of pyridine rings is 1. The van der Waals surface area contributed by atoms with Gasteiger partial charge in [0.05, 0.1) is 36.1 Å². The Labute approximate surface area is 142 Å². The van der Waals surface area contributed by atoms with E-state index in [1.807, 2.05) is 6.07 Å². The number of aromatic nitrogens is 3. The fraction of sp³-hybridized carbons (Fsp3) is 0.0588. The second-order valence-corrected chi connectivity index (χ2v) is 5.05. The zero-order chi connectivity index (χ0) is 18.0. The quantitative estimate of drug-likeness (QED) is 0.784. The predicted molar refractivity (Wildman–Crippen MR) is 86.5 cm³/mol. The molecule has 124 valence electrons. The molecule has 3 rings (SSSR count). The summed E-state index contributed by atoms with van der Waals surface area (Å²) >= 11 is 0. The van der Waals surface area contributed by atoms with E-state index in [0.29, 0.717) is 17.1 Å². The maximum atomic E-state index is 14.3. The molecule has 0 fully saturated rings. The molecule has 0 bridgehead atoms. The monoisotopic (exact) mass is 337 g/mol. The van der Waals surface area contributed by atoms with E-state index in [1.165, 1.54) is 48.6 Å². The number of carbonyl (C=O) groups excluding carboxylic acids is 1. The summed E-state index contributed by atoms with van der Waals surface area (Å²) in [4.78, 5) is 15.4. The SMILES string of the molecule is COc1cccc(F)c1-c1cnc(-n2cc(C(N)=O)cn2)cc1C#N. The van der Waals surface area contributed by atoms with Gasteiger partial charge in [-0.3, -0.25) is 4.79 Å². The molecule has 0 spiro atoms. The van der Waals surface area contributed by atoms with Crippen LogP contribution >= 0.6 is 0 Å². The highest BCUT2D eigenvalue weighted by Gasteiger charge is 2.17. The summed E-state index contributed by atoms with van der Waals surface area (Å²) in [7, 11) is 1.42. The molecule has 2 N–H and O–H groups in total. The lowest BCUT2D eigenvalue weighted by atomic mass is 10.0. The van der Waals surface area contributed by atoms with Crippen molar-refractivity contribution in [2.75, 3.05) is 7.11 Å². The highest BCUT2D eigenvalue weighted by atomic mass is 19.1. The lowest BCUT2D eigenvalue weighted by molar-refractivity contribution is 0.100. The lowest BCUT2D eigenvalue weighted by Gasteiger charge is -2.11. The first kappa shape index (κ1) is 16.1. The molecule has 0 aliphatic carbocycles. The average Bonchev–Trinajstić information content (AvgIpc) is 3.11. The molecule has 7 nitrogen and oxygen atoms in total. The van der Waals surface area contributed by atoms with E-state index in [2.05, 4.69) is 10.1 Å². The van der Waals surface area contributed by atoms with E-state index in [0.717, 1.165) is 0 Å². The van der Waals surface area contributed by atoms with Crippen molar-refractivity contribution in [1.82, 2.24) is 14.8 Å². The van der Waals surface area contributed by atoms with Crippen LogP contribution in [-0.2, 0) is 0 Å². The first-order valence-corrected chi connectivity index (χ1v) is 7.13.